The van der Waals surface area contributed by atoms with E-state index < -0.39 is 0 Å². The van der Waals surface area contributed by atoms with Gasteiger partial charge in [-0.2, -0.15) is 0 Å². The summed E-state index contributed by atoms with van der Waals surface area (Å²) in [6.07, 6.45) is 2.07. The summed E-state index contributed by atoms with van der Waals surface area (Å²) in [6.45, 7) is 13.2. The third kappa shape index (κ3) is 4.69. The Bertz CT molecular complexity index is 910. The van der Waals surface area contributed by atoms with E-state index in [0.717, 1.165) is 23.4 Å². The van der Waals surface area contributed by atoms with Crippen LogP contribution in [0.15, 0.2) is 42.6 Å². The van der Waals surface area contributed by atoms with Crippen LogP contribution in [0.2, 0.25) is 0 Å². The van der Waals surface area contributed by atoms with Gasteiger partial charge >= 0.3 is 6.03 Å². The molecular formula is C24H34N4O2. The topological polar surface area (TPSA) is 57.6 Å². The van der Waals surface area contributed by atoms with E-state index in [2.05, 4.69) is 41.2 Å². The molecule has 162 valence electrons. The van der Waals surface area contributed by atoms with Crippen molar-refractivity contribution in [2.45, 2.75) is 65.7 Å². The number of aromatic nitrogens is 1. The first-order chi connectivity index (χ1) is 14.1. The average Bonchev–Trinajstić information content (AvgIpc) is 3.12. The van der Waals surface area contributed by atoms with Crippen LogP contribution in [0.3, 0.4) is 0 Å². The monoisotopic (exact) mass is 410 g/mol. The fourth-order valence-corrected chi connectivity index (χ4v) is 3.99. The molecule has 1 N–H and O–H groups in total. The molecule has 3 rings (SSSR count). The van der Waals surface area contributed by atoms with Crippen molar-refractivity contribution in [3.8, 4) is 0 Å². The highest BCUT2D eigenvalue weighted by Crippen LogP contribution is 2.34. The third-order valence-corrected chi connectivity index (χ3v) is 5.51. The van der Waals surface area contributed by atoms with Gasteiger partial charge in [0.25, 0.3) is 0 Å². The first-order valence-electron chi connectivity index (χ1n) is 10.7. The maximum Gasteiger partial charge on any atom is 0.318 e. The van der Waals surface area contributed by atoms with Crippen molar-refractivity contribution in [2.24, 2.45) is 0 Å². The minimum atomic E-state index is -0.358. The first kappa shape index (κ1) is 21.9. The van der Waals surface area contributed by atoms with Crippen molar-refractivity contribution < 1.29 is 9.59 Å². The standard InChI is InChI=1S/C24H34N4O2/c1-17(2)28(23(30)25-24(4,5)6)16-21(29)27-15-14-26-13-9-12-20(26)22(27)19-11-8-7-10-18(19)3/h7-13,17,22H,14-16H2,1-6H3,(H,25,30)/t22-/m1/s1. The van der Waals surface area contributed by atoms with E-state index in [9.17, 15) is 9.59 Å². The number of amides is 3. The lowest BCUT2D eigenvalue weighted by atomic mass is 9.95. The second-order valence-electron chi connectivity index (χ2n) is 9.37. The smallest absolute Gasteiger partial charge is 0.318 e. The van der Waals surface area contributed by atoms with Gasteiger partial charge in [0, 0.05) is 36.6 Å². The van der Waals surface area contributed by atoms with Crippen LogP contribution in [0, 0.1) is 6.92 Å². The van der Waals surface area contributed by atoms with Crippen molar-refractivity contribution in [1.29, 1.82) is 0 Å². The zero-order chi connectivity index (χ0) is 22.1. The molecular weight excluding hydrogens is 376 g/mol. The normalized spacial score (nSPS) is 16.4. The molecule has 1 atom stereocenters. The molecule has 2 aromatic rings. The molecule has 0 saturated carbocycles. The Balaban J connectivity index is 1.90. The zero-order valence-electron chi connectivity index (χ0n) is 19.0. The minimum absolute atomic E-state index is 0.0338. The number of carbonyl (C=O) groups excluding carboxylic acids is 2. The molecule has 1 aromatic carbocycles. The second-order valence-corrected chi connectivity index (χ2v) is 9.37. The Kier molecular flexibility index (Phi) is 6.25. The molecule has 2 heterocycles. The van der Waals surface area contributed by atoms with E-state index in [0.29, 0.717) is 6.54 Å². The minimum Gasteiger partial charge on any atom is -0.348 e. The maximum atomic E-state index is 13.5. The van der Waals surface area contributed by atoms with Crippen molar-refractivity contribution in [1.82, 2.24) is 19.7 Å². The summed E-state index contributed by atoms with van der Waals surface area (Å²) >= 11 is 0. The number of nitrogens with one attached hydrogen (secondary N) is 1. The van der Waals surface area contributed by atoms with Crippen molar-refractivity contribution >= 4 is 11.9 Å². The molecule has 0 unspecified atom stereocenters. The number of nitrogens with zero attached hydrogens (tertiary/aromatic N) is 3. The van der Waals surface area contributed by atoms with E-state index in [-0.39, 0.29) is 36.1 Å². The molecule has 6 nitrogen and oxygen atoms in total. The van der Waals surface area contributed by atoms with E-state index in [1.807, 2.05) is 57.7 Å². The summed E-state index contributed by atoms with van der Waals surface area (Å²) in [5.74, 6) is -0.0338. The van der Waals surface area contributed by atoms with Crippen LogP contribution in [0.1, 0.15) is 57.5 Å². The van der Waals surface area contributed by atoms with Gasteiger partial charge < -0.3 is 19.7 Å². The number of carbonyl (C=O) groups is 2. The molecule has 0 saturated heterocycles. The lowest BCUT2D eigenvalue weighted by molar-refractivity contribution is -0.134. The maximum absolute atomic E-state index is 13.5. The number of benzene rings is 1. The van der Waals surface area contributed by atoms with Gasteiger partial charge in [0.2, 0.25) is 5.91 Å². The van der Waals surface area contributed by atoms with Gasteiger partial charge in [-0.3, -0.25) is 4.79 Å². The van der Waals surface area contributed by atoms with Gasteiger partial charge in [0.15, 0.2) is 0 Å². The summed E-state index contributed by atoms with van der Waals surface area (Å²) in [5.41, 5.74) is 3.03. The Morgan fingerprint density at radius 2 is 1.83 bits per heavy atom. The lowest BCUT2D eigenvalue weighted by Gasteiger charge is -2.39. The van der Waals surface area contributed by atoms with Gasteiger partial charge in [0.1, 0.15) is 6.54 Å². The van der Waals surface area contributed by atoms with Crippen LogP contribution in [0.5, 0.6) is 0 Å². The fourth-order valence-electron chi connectivity index (χ4n) is 3.99. The molecule has 3 amide bonds. The highest BCUT2D eigenvalue weighted by molar-refractivity contribution is 5.85. The van der Waals surface area contributed by atoms with Crippen molar-refractivity contribution in [3.05, 3.63) is 59.4 Å². The Hall–Kier alpha value is -2.76. The third-order valence-electron chi connectivity index (χ3n) is 5.51. The molecule has 0 aliphatic carbocycles. The van der Waals surface area contributed by atoms with Crippen LogP contribution in [-0.2, 0) is 11.3 Å². The highest BCUT2D eigenvalue weighted by atomic mass is 16.2. The number of rotatable bonds is 4. The highest BCUT2D eigenvalue weighted by Gasteiger charge is 2.34. The van der Waals surface area contributed by atoms with Gasteiger partial charge in [0.05, 0.1) is 6.04 Å². The van der Waals surface area contributed by atoms with E-state index in [1.165, 1.54) is 0 Å². The molecule has 0 radical (unpaired) electrons. The molecule has 0 bridgehead atoms. The summed E-state index contributed by atoms with van der Waals surface area (Å²) in [4.78, 5) is 29.9. The van der Waals surface area contributed by atoms with E-state index >= 15 is 0 Å². The molecule has 1 aliphatic heterocycles. The molecule has 1 aromatic heterocycles. The summed E-state index contributed by atoms with van der Waals surface area (Å²) in [7, 11) is 0. The van der Waals surface area contributed by atoms with Crippen LogP contribution < -0.4 is 5.32 Å². The van der Waals surface area contributed by atoms with E-state index in [4.69, 9.17) is 0 Å². The van der Waals surface area contributed by atoms with Crippen LogP contribution >= 0.6 is 0 Å². The first-order valence-corrected chi connectivity index (χ1v) is 10.7. The van der Waals surface area contributed by atoms with Crippen LogP contribution in [-0.4, -0.2) is 51.0 Å². The number of aryl methyl sites for hydroxylation is 1. The molecule has 0 spiro atoms. The van der Waals surface area contributed by atoms with Crippen molar-refractivity contribution in [3.63, 3.8) is 0 Å². The fraction of sp³-hybridized carbons (Fsp3) is 0.500. The van der Waals surface area contributed by atoms with E-state index in [1.54, 1.807) is 4.90 Å². The Morgan fingerprint density at radius 3 is 2.47 bits per heavy atom. The average molecular weight is 411 g/mol. The number of fused-ring (bicyclic) bond motifs is 1. The van der Waals surface area contributed by atoms with Gasteiger partial charge in [-0.05, 0) is 64.8 Å². The summed E-state index contributed by atoms with van der Waals surface area (Å²) < 4.78 is 2.22. The number of hydrogen-bond donors (Lipinski definition) is 1. The number of hydrogen-bond acceptors (Lipinski definition) is 2. The largest absolute Gasteiger partial charge is 0.348 e. The SMILES string of the molecule is Cc1ccccc1[C@@H]1c2cccn2CCN1C(=O)CN(C(=O)NC(C)(C)C)C(C)C. The molecule has 0 fully saturated rings. The number of urea groups is 1. The predicted octanol–water partition coefficient (Wildman–Crippen LogP) is 3.95. The van der Waals surface area contributed by atoms with Crippen molar-refractivity contribution in [2.75, 3.05) is 13.1 Å². The summed E-state index contributed by atoms with van der Waals surface area (Å²) in [5, 5.41) is 2.98. The Morgan fingerprint density at radius 1 is 1.13 bits per heavy atom. The Labute approximate surface area is 179 Å². The quantitative estimate of drug-likeness (QED) is 0.830. The van der Waals surface area contributed by atoms with Gasteiger partial charge in [-0.15, -0.1) is 0 Å². The van der Waals surface area contributed by atoms with Gasteiger partial charge in [-0.25, -0.2) is 4.79 Å². The zero-order valence-corrected chi connectivity index (χ0v) is 19.0. The second kappa shape index (κ2) is 8.54. The van der Waals surface area contributed by atoms with Crippen LogP contribution in [0.25, 0.3) is 0 Å². The predicted molar refractivity (Wildman–Crippen MR) is 119 cm³/mol. The van der Waals surface area contributed by atoms with Gasteiger partial charge in [-0.1, -0.05) is 24.3 Å². The molecule has 6 heteroatoms. The van der Waals surface area contributed by atoms with Crippen LogP contribution in [0.4, 0.5) is 4.79 Å². The lowest BCUT2D eigenvalue weighted by Crippen LogP contribution is -2.54. The molecule has 30 heavy (non-hydrogen) atoms. The molecule has 1 aliphatic rings. The summed E-state index contributed by atoms with van der Waals surface area (Å²) in [6, 6.07) is 11.9.